The minimum absolute atomic E-state index is 0.152. The summed E-state index contributed by atoms with van der Waals surface area (Å²) in [4.78, 5) is 2.39. The van der Waals surface area contributed by atoms with Crippen LogP contribution >= 0.6 is 0 Å². The number of ether oxygens (including phenoxy) is 2. The average molecular weight is 264 g/mol. The van der Waals surface area contributed by atoms with E-state index in [2.05, 4.69) is 24.8 Å². The molecule has 0 aliphatic carbocycles. The van der Waals surface area contributed by atoms with Crippen LogP contribution in [0.2, 0.25) is 0 Å². The molecule has 106 valence electrons. The van der Waals surface area contributed by atoms with Gasteiger partial charge in [0.15, 0.2) is 0 Å². The van der Waals surface area contributed by atoms with Crippen molar-refractivity contribution in [3.8, 4) is 5.75 Å². The average Bonchev–Trinajstić information content (AvgIpc) is 2.46. The van der Waals surface area contributed by atoms with Gasteiger partial charge in [0.25, 0.3) is 0 Å². The molecule has 1 aromatic rings. The number of nitrogens with zero attached hydrogens (tertiary/aromatic N) is 1. The second kappa shape index (κ2) is 6.89. The molecule has 1 fully saturated rings. The lowest BCUT2D eigenvalue weighted by atomic mass is 10.1. The van der Waals surface area contributed by atoms with Gasteiger partial charge in [0, 0.05) is 25.2 Å². The summed E-state index contributed by atoms with van der Waals surface area (Å²) in [5, 5.41) is 0. The molecule has 0 saturated carbocycles. The Labute approximate surface area is 115 Å². The predicted octanol–water partition coefficient (Wildman–Crippen LogP) is 1.55. The minimum Gasteiger partial charge on any atom is -0.490 e. The highest BCUT2D eigenvalue weighted by molar-refractivity contribution is 5.40. The third-order valence-corrected chi connectivity index (χ3v) is 3.60. The van der Waals surface area contributed by atoms with Gasteiger partial charge >= 0.3 is 0 Å². The van der Waals surface area contributed by atoms with Crippen LogP contribution < -0.4 is 10.5 Å². The van der Waals surface area contributed by atoms with E-state index in [-0.39, 0.29) is 6.10 Å². The van der Waals surface area contributed by atoms with Gasteiger partial charge in [-0.1, -0.05) is 25.1 Å². The van der Waals surface area contributed by atoms with Gasteiger partial charge in [0.2, 0.25) is 0 Å². The highest BCUT2D eigenvalue weighted by atomic mass is 16.5. The van der Waals surface area contributed by atoms with E-state index in [1.54, 1.807) is 0 Å². The monoisotopic (exact) mass is 264 g/mol. The molecule has 1 unspecified atom stereocenters. The normalized spacial score (nSPS) is 20.5. The summed E-state index contributed by atoms with van der Waals surface area (Å²) in [7, 11) is 0. The number of rotatable bonds is 5. The Morgan fingerprint density at radius 3 is 3.05 bits per heavy atom. The molecule has 1 aromatic carbocycles. The van der Waals surface area contributed by atoms with Gasteiger partial charge in [-0.2, -0.15) is 0 Å². The summed E-state index contributed by atoms with van der Waals surface area (Å²) >= 11 is 0. The maximum Gasteiger partial charge on any atom is 0.126 e. The van der Waals surface area contributed by atoms with Gasteiger partial charge in [0.05, 0.1) is 6.61 Å². The molecule has 0 amide bonds. The molecule has 1 aliphatic heterocycles. The first-order chi connectivity index (χ1) is 9.24. The molecule has 1 heterocycles. The van der Waals surface area contributed by atoms with Gasteiger partial charge in [-0.3, -0.25) is 4.90 Å². The summed E-state index contributed by atoms with van der Waals surface area (Å²) in [5.74, 6) is 0.919. The third-order valence-electron chi connectivity index (χ3n) is 3.60. The van der Waals surface area contributed by atoms with E-state index in [1.807, 2.05) is 12.1 Å². The van der Waals surface area contributed by atoms with Crippen molar-refractivity contribution in [1.29, 1.82) is 0 Å². The first-order valence-corrected chi connectivity index (χ1v) is 7.00. The molecule has 0 spiro atoms. The van der Waals surface area contributed by atoms with Crippen LogP contribution in [0.1, 0.15) is 18.1 Å². The lowest BCUT2D eigenvalue weighted by Crippen LogP contribution is -2.44. The zero-order valence-corrected chi connectivity index (χ0v) is 11.9. The molecule has 1 aliphatic rings. The summed E-state index contributed by atoms with van der Waals surface area (Å²) in [6.45, 7) is 9.15. The topological polar surface area (TPSA) is 47.7 Å². The van der Waals surface area contributed by atoms with Crippen LogP contribution in [0, 0.1) is 6.92 Å². The number of hydrogen-bond donors (Lipinski definition) is 1. The van der Waals surface area contributed by atoms with Crippen molar-refractivity contribution >= 4 is 0 Å². The fourth-order valence-corrected chi connectivity index (χ4v) is 2.43. The van der Waals surface area contributed by atoms with Crippen molar-refractivity contribution in [3.63, 3.8) is 0 Å². The van der Waals surface area contributed by atoms with Crippen LogP contribution in [0.15, 0.2) is 18.2 Å². The third kappa shape index (κ3) is 3.69. The van der Waals surface area contributed by atoms with E-state index in [4.69, 9.17) is 15.2 Å². The molecule has 19 heavy (non-hydrogen) atoms. The summed E-state index contributed by atoms with van der Waals surface area (Å²) < 4.78 is 11.7. The molecule has 1 atom stereocenters. The molecule has 0 radical (unpaired) electrons. The molecule has 2 rings (SSSR count). The lowest BCUT2D eigenvalue weighted by molar-refractivity contribution is -0.0466. The van der Waals surface area contributed by atoms with E-state index >= 15 is 0 Å². The Kier molecular flexibility index (Phi) is 5.19. The number of likely N-dealkylation sites (N-methyl/N-ethyl adjacent to an activating group) is 1. The molecular weight excluding hydrogens is 240 g/mol. The van der Waals surface area contributed by atoms with Crippen molar-refractivity contribution in [3.05, 3.63) is 29.3 Å². The fraction of sp³-hybridized carbons (Fsp3) is 0.600. The van der Waals surface area contributed by atoms with Crippen LogP contribution in [0.5, 0.6) is 5.75 Å². The van der Waals surface area contributed by atoms with Crippen molar-refractivity contribution < 1.29 is 9.47 Å². The number of hydrogen-bond acceptors (Lipinski definition) is 4. The van der Waals surface area contributed by atoms with Gasteiger partial charge in [-0.25, -0.2) is 0 Å². The number of aryl methyl sites for hydroxylation is 1. The van der Waals surface area contributed by atoms with E-state index in [9.17, 15) is 0 Å². The molecule has 0 aromatic heterocycles. The van der Waals surface area contributed by atoms with Crippen LogP contribution in [0.25, 0.3) is 0 Å². The first kappa shape index (κ1) is 14.3. The molecule has 1 saturated heterocycles. The van der Waals surface area contributed by atoms with Crippen molar-refractivity contribution in [1.82, 2.24) is 4.90 Å². The highest BCUT2D eigenvalue weighted by Crippen LogP contribution is 2.23. The van der Waals surface area contributed by atoms with Crippen LogP contribution in [0.3, 0.4) is 0 Å². The van der Waals surface area contributed by atoms with Gasteiger partial charge in [-0.15, -0.1) is 0 Å². The molecule has 2 N–H and O–H groups in total. The Bertz CT molecular complexity index is 409. The zero-order chi connectivity index (χ0) is 13.7. The predicted molar refractivity (Wildman–Crippen MR) is 76.4 cm³/mol. The van der Waals surface area contributed by atoms with E-state index in [0.29, 0.717) is 13.2 Å². The van der Waals surface area contributed by atoms with Crippen LogP contribution in [-0.4, -0.2) is 43.9 Å². The number of morpholine rings is 1. The number of nitrogens with two attached hydrogens (primary N) is 1. The summed E-state index contributed by atoms with van der Waals surface area (Å²) in [6.07, 6.45) is 0.152. The zero-order valence-electron chi connectivity index (χ0n) is 11.9. The SMILES string of the molecule is CCN1CCOC(COc2c(C)cccc2CN)C1. The largest absolute Gasteiger partial charge is 0.490 e. The van der Waals surface area contributed by atoms with Crippen molar-refractivity contribution in [2.75, 3.05) is 32.8 Å². The Morgan fingerprint density at radius 2 is 2.32 bits per heavy atom. The number of benzene rings is 1. The molecule has 4 heteroatoms. The van der Waals surface area contributed by atoms with Gasteiger partial charge in [-0.05, 0) is 19.0 Å². The standard InChI is InChI=1S/C15H24N2O2/c1-3-17-7-8-18-14(10-17)11-19-15-12(2)5-4-6-13(15)9-16/h4-6,14H,3,7-11,16H2,1-2H3. The molecule has 0 bridgehead atoms. The van der Waals surface area contributed by atoms with Crippen LogP contribution in [-0.2, 0) is 11.3 Å². The lowest BCUT2D eigenvalue weighted by Gasteiger charge is -2.32. The van der Waals surface area contributed by atoms with Gasteiger partial charge < -0.3 is 15.2 Å². The Morgan fingerprint density at radius 1 is 1.47 bits per heavy atom. The smallest absolute Gasteiger partial charge is 0.126 e. The first-order valence-electron chi connectivity index (χ1n) is 7.00. The van der Waals surface area contributed by atoms with Gasteiger partial charge in [0.1, 0.15) is 18.5 Å². The fourth-order valence-electron chi connectivity index (χ4n) is 2.43. The Balaban J connectivity index is 1.95. The Hall–Kier alpha value is -1.10. The molecule has 4 nitrogen and oxygen atoms in total. The summed E-state index contributed by atoms with van der Waals surface area (Å²) in [6, 6.07) is 6.08. The maximum atomic E-state index is 5.96. The summed E-state index contributed by atoms with van der Waals surface area (Å²) in [5.41, 5.74) is 7.94. The van der Waals surface area contributed by atoms with Crippen molar-refractivity contribution in [2.24, 2.45) is 5.73 Å². The van der Waals surface area contributed by atoms with E-state index in [0.717, 1.165) is 43.1 Å². The molecular formula is C15H24N2O2. The van der Waals surface area contributed by atoms with Crippen molar-refractivity contribution in [2.45, 2.75) is 26.5 Å². The highest BCUT2D eigenvalue weighted by Gasteiger charge is 2.20. The quantitative estimate of drug-likeness (QED) is 0.876. The second-order valence-corrected chi connectivity index (χ2v) is 4.96. The van der Waals surface area contributed by atoms with E-state index < -0.39 is 0 Å². The maximum absolute atomic E-state index is 5.96. The van der Waals surface area contributed by atoms with E-state index in [1.165, 1.54) is 0 Å². The van der Waals surface area contributed by atoms with Crippen LogP contribution in [0.4, 0.5) is 0 Å². The number of para-hydroxylation sites is 1. The minimum atomic E-state index is 0.152. The second-order valence-electron chi connectivity index (χ2n) is 4.96.